The maximum absolute atomic E-state index is 12.8. The summed E-state index contributed by atoms with van der Waals surface area (Å²) in [6.45, 7) is 3.63. The van der Waals surface area contributed by atoms with Gasteiger partial charge >= 0.3 is 6.09 Å². The Kier molecular flexibility index (Phi) is 5.49. The summed E-state index contributed by atoms with van der Waals surface area (Å²) in [5.41, 5.74) is 7.04. The van der Waals surface area contributed by atoms with Crippen LogP contribution in [-0.4, -0.2) is 49.2 Å². The van der Waals surface area contributed by atoms with Crippen LogP contribution in [0.1, 0.15) is 38.1 Å². The minimum atomic E-state index is -0.616. The molecule has 0 spiro atoms. The Balaban J connectivity index is 1.58. The average Bonchev–Trinajstić information content (AvgIpc) is 3.10. The molecule has 4 rings (SSSR count). The largest absolute Gasteiger partial charge is 0.486 e. The molecule has 0 saturated carbocycles. The predicted octanol–water partition coefficient (Wildman–Crippen LogP) is 2.39. The molecule has 2 aliphatic rings. The smallest absolute Gasteiger partial charge is 0.410 e. The molecule has 0 bridgehead atoms. The van der Waals surface area contributed by atoms with Crippen LogP contribution < -0.4 is 20.5 Å². The van der Waals surface area contributed by atoms with Crippen LogP contribution in [0.15, 0.2) is 18.2 Å². The van der Waals surface area contributed by atoms with Crippen LogP contribution in [-0.2, 0) is 17.7 Å². The van der Waals surface area contributed by atoms with Crippen molar-refractivity contribution < 1.29 is 28.6 Å². The van der Waals surface area contributed by atoms with E-state index in [1.165, 1.54) is 11.3 Å². The van der Waals surface area contributed by atoms with Gasteiger partial charge in [0, 0.05) is 17.0 Å². The molecule has 2 aliphatic heterocycles. The molecule has 0 saturated heterocycles. The Morgan fingerprint density at radius 1 is 1.23 bits per heavy atom. The molecule has 0 radical (unpaired) electrons. The number of primary amides is 1. The normalized spacial score (nSPS) is 14.6. The summed E-state index contributed by atoms with van der Waals surface area (Å²) in [4.78, 5) is 39.3. The number of amides is 3. The van der Waals surface area contributed by atoms with Gasteiger partial charge in [-0.1, -0.05) is 0 Å². The first-order valence-electron chi connectivity index (χ1n) is 9.55. The van der Waals surface area contributed by atoms with Crippen molar-refractivity contribution in [2.75, 3.05) is 31.7 Å². The molecule has 9 nitrogen and oxygen atoms in total. The van der Waals surface area contributed by atoms with Gasteiger partial charge in [-0.2, -0.15) is 0 Å². The number of nitrogens with one attached hydrogen (secondary N) is 1. The zero-order valence-corrected chi connectivity index (χ0v) is 17.2. The van der Waals surface area contributed by atoms with Crippen molar-refractivity contribution in [1.29, 1.82) is 0 Å². The summed E-state index contributed by atoms with van der Waals surface area (Å²) in [7, 11) is 0. The molecule has 0 aliphatic carbocycles. The molecule has 3 N–H and O–H groups in total. The second-order valence-corrected chi connectivity index (χ2v) is 7.86. The zero-order valence-electron chi connectivity index (χ0n) is 16.4. The fraction of sp³-hybridized carbons (Fsp3) is 0.350. The van der Waals surface area contributed by atoms with Gasteiger partial charge < -0.3 is 30.2 Å². The number of hydrogen-bond acceptors (Lipinski definition) is 7. The van der Waals surface area contributed by atoms with Crippen LogP contribution in [0.5, 0.6) is 11.5 Å². The fourth-order valence-electron chi connectivity index (χ4n) is 3.48. The molecule has 3 amide bonds. The Bertz CT molecular complexity index is 1020. The van der Waals surface area contributed by atoms with Gasteiger partial charge in [0.05, 0.1) is 18.7 Å². The Morgan fingerprint density at radius 3 is 2.73 bits per heavy atom. The molecule has 1 aromatic carbocycles. The van der Waals surface area contributed by atoms with Gasteiger partial charge in [0.2, 0.25) is 0 Å². The molecule has 30 heavy (non-hydrogen) atoms. The number of thiophene rings is 1. The summed E-state index contributed by atoms with van der Waals surface area (Å²) in [6, 6.07) is 4.90. The van der Waals surface area contributed by atoms with Crippen molar-refractivity contribution in [2.24, 2.45) is 5.73 Å². The second-order valence-electron chi connectivity index (χ2n) is 6.76. The SMILES string of the molecule is CCOC(=O)N1CCc2c(sc(NC(=O)c3ccc4c(c3)OCCO4)c2C(N)=O)C1. The Morgan fingerprint density at radius 2 is 2.00 bits per heavy atom. The zero-order chi connectivity index (χ0) is 21.3. The maximum Gasteiger partial charge on any atom is 0.410 e. The highest BCUT2D eigenvalue weighted by molar-refractivity contribution is 7.17. The summed E-state index contributed by atoms with van der Waals surface area (Å²) in [5, 5.41) is 3.16. The van der Waals surface area contributed by atoms with Gasteiger partial charge in [0.25, 0.3) is 11.8 Å². The number of rotatable bonds is 4. The number of nitrogens with zero attached hydrogens (tertiary/aromatic N) is 1. The quantitative estimate of drug-likeness (QED) is 0.767. The van der Waals surface area contributed by atoms with Crippen molar-refractivity contribution in [1.82, 2.24) is 4.90 Å². The molecule has 1 aromatic heterocycles. The minimum Gasteiger partial charge on any atom is -0.486 e. The lowest BCUT2D eigenvalue weighted by Gasteiger charge is -2.26. The highest BCUT2D eigenvalue weighted by atomic mass is 32.1. The maximum atomic E-state index is 12.8. The van der Waals surface area contributed by atoms with E-state index in [1.807, 2.05) is 0 Å². The summed E-state index contributed by atoms with van der Waals surface area (Å²) < 4.78 is 16.0. The van der Waals surface area contributed by atoms with E-state index in [4.69, 9.17) is 19.9 Å². The minimum absolute atomic E-state index is 0.288. The molecule has 0 atom stereocenters. The van der Waals surface area contributed by atoms with E-state index in [1.54, 1.807) is 30.0 Å². The first kappa shape index (κ1) is 20.0. The Hall–Kier alpha value is -3.27. The molecular formula is C20H21N3O6S. The number of benzene rings is 1. The molecule has 0 fully saturated rings. The van der Waals surface area contributed by atoms with Gasteiger partial charge in [0.15, 0.2) is 11.5 Å². The number of hydrogen-bond donors (Lipinski definition) is 2. The second kappa shape index (κ2) is 8.23. The van der Waals surface area contributed by atoms with E-state index in [0.29, 0.717) is 60.4 Å². The number of carbonyl (C=O) groups excluding carboxylic acids is 3. The fourth-order valence-corrected chi connectivity index (χ4v) is 4.75. The lowest BCUT2D eigenvalue weighted by Crippen LogP contribution is -2.36. The molecular weight excluding hydrogens is 410 g/mol. The van der Waals surface area contributed by atoms with Crippen LogP contribution >= 0.6 is 11.3 Å². The molecule has 10 heteroatoms. The number of carbonyl (C=O) groups is 3. The van der Waals surface area contributed by atoms with E-state index < -0.39 is 17.9 Å². The van der Waals surface area contributed by atoms with Crippen molar-refractivity contribution in [2.45, 2.75) is 19.9 Å². The highest BCUT2D eigenvalue weighted by Crippen LogP contribution is 2.38. The summed E-state index contributed by atoms with van der Waals surface area (Å²) >= 11 is 1.24. The average molecular weight is 431 g/mol. The van der Waals surface area contributed by atoms with Crippen LogP contribution in [0.2, 0.25) is 0 Å². The van der Waals surface area contributed by atoms with Crippen molar-refractivity contribution in [3.63, 3.8) is 0 Å². The topological polar surface area (TPSA) is 120 Å². The van der Waals surface area contributed by atoms with Crippen LogP contribution in [0, 0.1) is 0 Å². The number of anilines is 1. The van der Waals surface area contributed by atoms with E-state index >= 15 is 0 Å². The van der Waals surface area contributed by atoms with Gasteiger partial charge in [-0.05, 0) is 37.1 Å². The Labute approximate surface area is 176 Å². The van der Waals surface area contributed by atoms with E-state index in [0.717, 1.165) is 10.4 Å². The van der Waals surface area contributed by atoms with Crippen LogP contribution in [0.3, 0.4) is 0 Å². The number of nitrogens with two attached hydrogens (primary N) is 1. The standard InChI is InChI=1S/C20H21N3O6S/c1-2-27-20(26)23-6-5-12-15(10-23)30-19(16(12)17(21)24)22-18(25)11-3-4-13-14(9-11)29-8-7-28-13/h3-4,9H,2,5-8,10H2,1H3,(H2,21,24)(H,22,25). The van der Waals surface area contributed by atoms with Crippen molar-refractivity contribution >= 4 is 34.2 Å². The summed E-state index contributed by atoms with van der Waals surface area (Å²) in [6.07, 6.45) is 0.0575. The number of fused-ring (bicyclic) bond motifs is 2. The lowest BCUT2D eigenvalue weighted by molar-refractivity contribution is 0.0997. The van der Waals surface area contributed by atoms with Gasteiger partial charge in [-0.15, -0.1) is 11.3 Å². The van der Waals surface area contributed by atoms with Crippen molar-refractivity contribution in [3.05, 3.63) is 39.8 Å². The molecule has 158 valence electrons. The number of ether oxygens (including phenoxy) is 3. The van der Waals surface area contributed by atoms with E-state index in [-0.39, 0.29) is 6.61 Å². The molecule has 2 aromatic rings. The molecule has 0 unspecified atom stereocenters. The monoisotopic (exact) mass is 431 g/mol. The van der Waals surface area contributed by atoms with Gasteiger partial charge in [-0.3, -0.25) is 9.59 Å². The van der Waals surface area contributed by atoms with Gasteiger partial charge in [0.1, 0.15) is 18.2 Å². The van der Waals surface area contributed by atoms with E-state index in [9.17, 15) is 14.4 Å². The molecule has 3 heterocycles. The first-order chi connectivity index (χ1) is 14.5. The van der Waals surface area contributed by atoms with Crippen molar-refractivity contribution in [3.8, 4) is 11.5 Å². The van der Waals surface area contributed by atoms with E-state index in [2.05, 4.69) is 5.32 Å². The third-order valence-corrected chi connectivity index (χ3v) is 5.99. The third-order valence-electron chi connectivity index (χ3n) is 4.86. The van der Waals surface area contributed by atoms with Gasteiger partial charge in [-0.25, -0.2) is 4.79 Å². The van der Waals surface area contributed by atoms with Crippen LogP contribution in [0.25, 0.3) is 0 Å². The predicted molar refractivity (Wildman–Crippen MR) is 109 cm³/mol. The summed E-state index contributed by atoms with van der Waals surface area (Å²) in [5.74, 6) is 0.0747. The van der Waals surface area contributed by atoms with Crippen LogP contribution in [0.4, 0.5) is 9.80 Å². The third kappa shape index (κ3) is 3.78. The lowest BCUT2D eigenvalue weighted by atomic mass is 10.0. The highest BCUT2D eigenvalue weighted by Gasteiger charge is 2.30. The first-order valence-corrected chi connectivity index (χ1v) is 10.4.